The van der Waals surface area contributed by atoms with Crippen molar-refractivity contribution in [3.63, 3.8) is 0 Å². The van der Waals surface area contributed by atoms with E-state index in [-0.39, 0.29) is 25.4 Å². The van der Waals surface area contributed by atoms with E-state index < -0.39 is 23.3 Å². The second-order valence-electron chi connectivity index (χ2n) is 14.0. The summed E-state index contributed by atoms with van der Waals surface area (Å²) in [6.45, 7) is 11.2. The van der Waals surface area contributed by atoms with Gasteiger partial charge in [-0.1, -0.05) is 31.4 Å². The average Bonchev–Trinajstić information content (AvgIpc) is 3.40. The molecule has 1 aliphatic carbocycles. The van der Waals surface area contributed by atoms with Gasteiger partial charge in [-0.05, 0) is 108 Å². The summed E-state index contributed by atoms with van der Waals surface area (Å²) in [5.74, 6) is 0.434. The Labute approximate surface area is 267 Å². The van der Waals surface area contributed by atoms with Gasteiger partial charge in [-0.15, -0.1) is 0 Å². The Morgan fingerprint density at radius 1 is 0.956 bits per heavy atom. The van der Waals surface area contributed by atoms with Crippen LogP contribution in [0.4, 0.5) is 10.5 Å². The Bertz CT molecular complexity index is 1430. The molecule has 2 aromatic carbocycles. The number of hydrogen-bond donors (Lipinski definition) is 0. The highest BCUT2D eigenvalue weighted by atomic mass is 16.6. The molecular formula is C36H47N3O6. The first-order valence-electron chi connectivity index (χ1n) is 16.0. The fraction of sp³-hybridized carbons (Fsp3) is 0.556. The van der Waals surface area contributed by atoms with Gasteiger partial charge in [0.15, 0.2) is 0 Å². The average molecular weight is 618 g/mol. The van der Waals surface area contributed by atoms with Crippen LogP contribution in [0, 0.1) is 11.3 Å². The molecule has 9 nitrogen and oxygen atoms in total. The summed E-state index contributed by atoms with van der Waals surface area (Å²) in [6, 6.07) is 14.1. The Morgan fingerprint density at radius 2 is 1.67 bits per heavy atom. The molecule has 0 unspecified atom stereocenters. The number of carbonyl (C=O) groups is 3. The fourth-order valence-electron chi connectivity index (χ4n) is 5.88. The summed E-state index contributed by atoms with van der Waals surface area (Å²) >= 11 is 0. The molecule has 0 aromatic heterocycles. The van der Waals surface area contributed by atoms with Crippen molar-refractivity contribution in [3.8, 4) is 11.8 Å². The molecule has 0 radical (unpaired) electrons. The molecule has 0 saturated heterocycles. The van der Waals surface area contributed by atoms with Crippen molar-refractivity contribution in [2.75, 3.05) is 24.5 Å². The first kappa shape index (κ1) is 33.8. The van der Waals surface area contributed by atoms with Crippen molar-refractivity contribution < 1.29 is 28.6 Å². The number of hydrogen-bond acceptors (Lipinski definition) is 7. The maximum absolute atomic E-state index is 13.5. The van der Waals surface area contributed by atoms with Gasteiger partial charge in [0.25, 0.3) is 0 Å². The number of anilines is 1. The zero-order valence-corrected chi connectivity index (χ0v) is 27.6. The van der Waals surface area contributed by atoms with Crippen LogP contribution in [0.15, 0.2) is 36.4 Å². The third-order valence-corrected chi connectivity index (χ3v) is 7.92. The van der Waals surface area contributed by atoms with Crippen LogP contribution in [-0.2, 0) is 32.1 Å². The van der Waals surface area contributed by atoms with Crippen molar-refractivity contribution in [1.29, 1.82) is 5.26 Å². The SMILES string of the molecule is CC(C)(C)OC(=O)CCN(CC(=O)N1CCc2cc(OCc3ccc(C4CCCCC4)c(C#N)c3)ccc21)C(=O)OC(C)(C)C. The monoisotopic (exact) mass is 617 g/mol. The second-order valence-corrected chi connectivity index (χ2v) is 14.0. The maximum Gasteiger partial charge on any atom is 0.410 e. The molecule has 2 aromatic rings. The normalized spacial score (nSPS) is 15.2. The van der Waals surface area contributed by atoms with Gasteiger partial charge in [0, 0.05) is 18.8 Å². The van der Waals surface area contributed by atoms with E-state index in [9.17, 15) is 19.6 Å². The third kappa shape index (κ3) is 9.71. The highest BCUT2D eigenvalue weighted by Gasteiger charge is 2.30. The molecule has 9 heteroatoms. The van der Waals surface area contributed by atoms with Gasteiger partial charge in [0.2, 0.25) is 5.91 Å². The molecule has 2 amide bonds. The molecule has 1 saturated carbocycles. The minimum Gasteiger partial charge on any atom is -0.489 e. The lowest BCUT2D eigenvalue weighted by atomic mass is 9.82. The molecule has 0 atom stereocenters. The van der Waals surface area contributed by atoms with Gasteiger partial charge in [-0.2, -0.15) is 5.26 Å². The molecule has 0 spiro atoms. The second kappa shape index (κ2) is 14.4. The van der Waals surface area contributed by atoms with Gasteiger partial charge in [-0.25, -0.2) is 4.79 Å². The quantitative estimate of drug-likeness (QED) is 0.278. The summed E-state index contributed by atoms with van der Waals surface area (Å²) < 4.78 is 17.0. The summed E-state index contributed by atoms with van der Waals surface area (Å²) in [4.78, 5) is 41.7. The Hall–Kier alpha value is -4.06. The van der Waals surface area contributed by atoms with Crippen LogP contribution in [0.1, 0.15) is 108 Å². The van der Waals surface area contributed by atoms with Crippen molar-refractivity contribution in [2.24, 2.45) is 0 Å². The number of ether oxygens (including phenoxy) is 3. The molecule has 4 rings (SSSR count). The van der Waals surface area contributed by atoms with Crippen molar-refractivity contribution >= 4 is 23.7 Å². The lowest BCUT2D eigenvalue weighted by Gasteiger charge is -2.29. The van der Waals surface area contributed by atoms with Crippen molar-refractivity contribution in [1.82, 2.24) is 4.90 Å². The van der Waals surface area contributed by atoms with Crippen LogP contribution < -0.4 is 9.64 Å². The number of fused-ring (bicyclic) bond motifs is 1. The van der Waals surface area contributed by atoms with Crippen LogP contribution >= 0.6 is 0 Å². The summed E-state index contributed by atoms with van der Waals surface area (Å²) in [6.07, 6.45) is 5.94. The van der Waals surface area contributed by atoms with Crippen LogP contribution in [0.3, 0.4) is 0 Å². The molecule has 1 aliphatic heterocycles. The minimum absolute atomic E-state index is 0.00179. The summed E-state index contributed by atoms with van der Waals surface area (Å²) in [5.41, 5.74) is 3.17. The van der Waals surface area contributed by atoms with Crippen LogP contribution in [0.25, 0.3) is 0 Å². The van der Waals surface area contributed by atoms with E-state index in [1.807, 2.05) is 24.3 Å². The lowest BCUT2D eigenvalue weighted by molar-refractivity contribution is -0.155. The Kier molecular flexibility index (Phi) is 10.8. The molecule has 0 bridgehead atoms. The summed E-state index contributed by atoms with van der Waals surface area (Å²) in [5, 5.41) is 9.79. The number of carbonyl (C=O) groups excluding carboxylic acids is 3. The number of rotatable bonds is 9. The van der Waals surface area contributed by atoms with Crippen molar-refractivity contribution in [2.45, 2.75) is 110 Å². The number of nitriles is 1. The Balaban J connectivity index is 1.39. The van der Waals surface area contributed by atoms with Gasteiger partial charge < -0.3 is 19.1 Å². The highest BCUT2D eigenvalue weighted by molar-refractivity contribution is 5.98. The highest BCUT2D eigenvalue weighted by Crippen LogP contribution is 2.35. The van der Waals surface area contributed by atoms with Crippen LogP contribution in [0.5, 0.6) is 5.75 Å². The lowest BCUT2D eigenvalue weighted by Crippen LogP contribution is -2.45. The minimum atomic E-state index is -0.755. The predicted molar refractivity (Wildman–Crippen MR) is 172 cm³/mol. The van der Waals surface area contributed by atoms with E-state index in [0.717, 1.165) is 40.8 Å². The van der Waals surface area contributed by atoms with E-state index in [4.69, 9.17) is 14.2 Å². The molecule has 45 heavy (non-hydrogen) atoms. The molecule has 0 N–H and O–H groups in total. The standard InChI is InChI=1S/C36H47N3O6/c1-35(2,3)44-33(41)17-18-38(34(42)45-36(4,5)6)23-32(40)39-19-16-27-21-29(13-15-31(27)39)43-24-25-12-14-30(28(20-25)22-37)26-10-8-7-9-11-26/h12-15,20-21,26H,7-11,16-19,23-24H2,1-6H3. The van der Waals surface area contributed by atoms with Gasteiger partial charge >= 0.3 is 12.1 Å². The topological polar surface area (TPSA) is 109 Å². The van der Waals surface area contributed by atoms with Crippen LogP contribution in [-0.4, -0.2) is 53.7 Å². The van der Waals surface area contributed by atoms with Gasteiger partial charge in [-0.3, -0.25) is 14.5 Å². The third-order valence-electron chi connectivity index (χ3n) is 7.92. The van der Waals surface area contributed by atoms with Gasteiger partial charge in [0.05, 0.1) is 18.1 Å². The summed E-state index contributed by atoms with van der Waals surface area (Å²) in [7, 11) is 0. The molecular weight excluding hydrogens is 570 g/mol. The van der Waals surface area contributed by atoms with E-state index in [1.165, 1.54) is 24.2 Å². The largest absolute Gasteiger partial charge is 0.489 e. The molecule has 242 valence electrons. The number of amides is 2. The first-order chi connectivity index (χ1) is 21.2. The Morgan fingerprint density at radius 3 is 2.33 bits per heavy atom. The molecule has 1 fully saturated rings. The molecule has 2 aliphatic rings. The van der Waals surface area contributed by atoms with Crippen LogP contribution in [0.2, 0.25) is 0 Å². The number of esters is 1. The molecule has 1 heterocycles. The van der Waals surface area contributed by atoms with E-state index >= 15 is 0 Å². The van der Waals surface area contributed by atoms with E-state index in [2.05, 4.69) is 18.2 Å². The number of benzene rings is 2. The van der Waals surface area contributed by atoms with Crippen molar-refractivity contribution in [3.05, 3.63) is 58.7 Å². The van der Waals surface area contributed by atoms with E-state index in [0.29, 0.717) is 31.2 Å². The zero-order valence-electron chi connectivity index (χ0n) is 27.6. The smallest absolute Gasteiger partial charge is 0.410 e. The fourth-order valence-corrected chi connectivity index (χ4v) is 5.88. The van der Waals surface area contributed by atoms with Gasteiger partial charge in [0.1, 0.15) is 30.1 Å². The predicted octanol–water partition coefficient (Wildman–Crippen LogP) is 7.04. The number of nitrogens with zero attached hydrogens (tertiary/aromatic N) is 3. The van der Waals surface area contributed by atoms with E-state index in [1.54, 1.807) is 46.4 Å². The first-order valence-corrected chi connectivity index (χ1v) is 16.0. The zero-order chi connectivity index (χ0) is 32.8. The maximum atomic E-state index is 13.5.